The van der Waals surface area contributed by atoms with E-state index in [9.17, 15) is 9.59 Å². The standard InChI is InChI=1S/C28H39N7O4/c1-28(2,3)39-27(37)35-10-4-5-19(16-35)32-26-24-23(30-17-31-26)21(25(29)36)15-22(33-24)18-6-8-20(9-7-18)34-11-13-38-14-12-34/h6,15,17,19-20H,4-5,7-14,16H2,1-3H3,(H2,29,36)(H,30,31,32)/t19-,20?/m0/s1. The van der Waals surface area contributed by atoms with Crippen LogP contribution in [0.3, 0.4) is 0 Å². The van der Waals surface area contributed by atoms with Crippen molar-refractivity contribution in [3.05, 3.63) is 29.7 Å². The van der Waals surface area contributed by atoms with Gasteiger partial charge in [0.15, 0.2) is 5.82 Å². The quantitative estimate of drug-likeness (QED) is 0.589. The Morgan fingerprint density at radius 2 is 1.92 bits per heavy atom. The van der Waals surface area contributed by atoms with E-state index in [2.05, 4.69) is 26.3 Å². The first-order chi connectivity index (χ1) is 18.7. The molecule has 11 heteroatoms. The normalized spacial score (nSPS) is 22.8. The van der Waals surface area contributed by atoms with E-state index in [0.717, 1.165) is 69.7 Å². The third-order valence-corrected chi connectivity index (χ3v) is 7.54. The van der Waals surface area contributed by atoms with Crippen molar-refractivity contribution in [1.82, 2.24) is 24.8 Å². The first-order valence-electron chi connectivity index (χ1n) is 13.9. The number of morpholine rings is 1. The van der Waals surface area contributed by atoms with Gasteiger partial charge in [-0.05, 0) is 64.5 Å². The highest BCUT2D eigenvalue weighted by molar-refractivity contribution is 6.06. The molecule has 39 heavy (non-hydrogen) atoms. The topological polar surface area (TPSA) is 136 Å². The van der Waals surface area contributed by atoms with Gasteiger partial charge in [0.1, 0.15) is 23.0 Å². The van der Waals surface area contributed by atoms with E-state index >= 15 is 0 Å². The highest BCUT2D eigenvalue weighted by atomic mass is 16.6. The van der Waals surface area contributed by atoms with Crippen molar-refractivity contribution in [3.63, 3.8) is 0 Å². The van der Waals surface area contributed by atoms with E-state index in [1.165, 1.54) is 6.33 Å². The summed E-state index contributed by atoms with van der Waals surface area (Å²) in [4.78, 5) is 43.1. The number of aromatic nitrogens is 3. The maximum Gasteiger partial charge on any atom is 0.410 e. The van der Waals surface area contributed by atoms with Gasteiger partial charge in [-0.15, -0.1) is 0 Å². The van der Waals surface area contributed by atoms with Crippen molar-refractivity contribution in [1.29, 1.82) is 0 Å². The largest absolute Gasteiger partial charge is 0.444 e. The average Bonchev–Trinajstić information content (AvgIpc) is 2.92. The number of allylic oxidation sites excluding steroid dienone is 1. The maximum absolute atomic E-state index is 12.7. The van der Waals surface area contributed by atoms with Gasteiger partial charge in [0.25, 0.3) is 5.91 Å². The van der Waals surface area contributed by atoms with Crippen LogP contribution in [-0.2, 0) is 9.47 Å². The number of nitrogens with two attached hydrogens (primary N) is 1. The number of piperidine rings is 1. The number of carbonyl (C=O) groups excluding carboxylic acids is 2. The van der Waals surface area contributed by atoms with Crippen molar-refractivity contribution in [2.45, 2.75) is 70.6 Å². The summed E-state index contributed by atoms with van der Waals surface area (Å²) in [6.45, 7) is 10.2. The number of hydrogen-bond donors (Lipinski definition) is 2. The fourth-order valence-corrected chi connectivity index (χ4v) is 5.61. The fraction of sp³-hybridized carbons (Fsp3) is 0.607. The minimum Gasteiger partial charge on any atom is -0.444 e. The Balaban J connectivity index is 1.39. The number of fused-ring (bicyclic) bond motifs is 1. The van der Waals surface area contributed by atoms with E-state index in [0.29, 0.717) is 41.5 Å². The Morgan fingerprint density at radius 1 is 1.13 bits per heavy atom. The second-order valence-corrected chi connectivity index (χ2v) is 11.6. The molecule has 2 aromatic rings. The molecule has 2 aliphatic heterocycles. The molecular formula is C28H39N7O4. The molecule has 1 unspecified atom stereocenters. The molecule has 4 heterocycles. The Labute approximate surface area is 229 Å². The molecule has 11 nitrogen and oxygen atoms in total. The number of ether oxygens (including phenoxy) is 2. The smallest absolute Gasteiger partial charge is 0.410 e. The minimum absolute atomic E-state index is 0.0463. The zero-order chi connectivity index (χ0) is 27.6. The van der Waals surface area contributed by atoms with Gasteiger partial charge in [-0.25, -0.2) is 19.7 Å². The average molecular weight is 538 g/mol. The maximum atomic E-state index is 12.7. The Morgan fingerprint density at radius 3 is 2.62 bits per heavy atom. The molecule has 0 aromatic carbocycles. The lowest BCUT2D eigenvalue weighted by molar-refractivity contribution is 0.0150. The summed E-state index contributed by atoms with van der Waals surface area (Å²) in [5.41, 5.74) is 8.33. The second kappa shape index (κ2) is 11.4. The first kappa shape index (κ1) is 27.3. The molecule has 5 rings (SSSR count). The second-order valence-electron chi connectivity index (χ2n) is 11.6. The molecule has 0 saturated carbocycles. The van der Waals surface area contributed by atoms with E-state index in [1.807, 2.05) is 20.8 Å². The van der Waals surface area contributed by atoms with Crippen molar-refractivity contribution < 1.29 is 19.1 Å². The highest BCUT2D eigenvalue weighted by Crippen LogP contribution is 2.32. The van der Waals surface area contributed by atoms with Crippen LogP contribution in [0.1, 0.15) is 68.9 Å². The molecular weight excluding hydrogens is 498 g/mol. The SMILES string of the molecule is CC(C)(C)OC(=O)N1CCC[C@H](Nc2ncnc3c(C(N)=O)cc(C4=CCC(N5CCOCC5)CC4)nc23)C1. The lowest BCUT2D eigenvalue weighted by Gasteiger charge is -2.36. The van der Waals surface area contributed by atoms with Crippen LogP contribution in [0.4, 0.5) is 10.6 Å². The fourth-order valence-electron chi connectivity index (χ4n) is 5.61. The van der Waals surface area contributed by atoms with Crippen LogP contribution >= 0.6 is 0 Å². The van der Waals surface area contributed by atoms with Gasteiger partial charge >= 0.3 is 6.09 Å². The zero-order valence-corrected chi connectivity index (χ0v) is 23.1. The molecule has 2 atom stereocenters. The third-order valence-electron chi connectivity index (χ3n) is 7.54. The van der Waals surface area contributed by atoms with Gasteiger partial charge in [-0.1, -0.05) is 6.08 Å². The van der Waals surface area contributed by atoms with Crippen LogP contribution in [0, 0.1) is 0 Å². The summed E-state index contributed by atoms with van der Waals surface area (Å²) in [6.07, 6.45) is 7.85. The van der Waals surface area contributed by atoms with Crippen LogP contribution < -0.4 is 11.1 Å². The van der Waals surface area contributed by atoms with Gasteiger partial charge in [-0.3, -0.25) is 9.69 Å². The van der Waals surface area contributed by atoms with Crippen LogP contribution in [0.25, 0.3) is 16.6 Å². The molecule has 3 N–H and O–H groups in total. The molecule has 0 bridgehead atoms. The summed E-state index contributed by atoms with van der Waals surface area (Å²) in [7, 11) is 0. The number of nitrogens with one attached hydrogen (secondary N) is 1. The Hall–Kier alpha value is -3.31. The predicted molar refractivity (Wildman–Crippen MR) is 148 cm³/mol. The number of nitrogens with zero attached hydrogens (tertiary/aromatic N) is 5. The van der Waals surface area contributed by atoms with Crippen molar-refractivity contribution in [2.75, 3.05) is 44.7 Å². The molecule has 3 aliphatic rings. The molecule has 2 fully saturated rings. The number of carbonyl (C=O) groups is 2. The lowest BCUT2D eigenvalue weighted by Crippen LogP contribution is -2.47. The van der Waals surface area contributed by atoms with Crippen LogP contribution in [0.2, 0.25) is 0 Å². The first-order valence-corrected chi connectivity index (χ1v) is 13.9. The third kappa shape index (κ3) is 6.47. The summed E-state index contributed by atoms with van der Waals surface area (Å²) in [5, 5.41) is 3.46. The summed E-state index contributed by atoms with van der Waals surface area (Å²) in [5.74, 6) is -0.0207. The number of hydrogen-bond acceptors (Lipinski definition) is 9. The molecule has 2 aromatic heterocycles. The van der Waals surface area contributed by atoms with E-state index in [-0.39, 0.29) is 12.1 Å². The molecule has 0 radical (unpaired) electrons. The molecule has 0 spiro atoms. The van der Waals surface area contributed by atoms with Gasteiger partial charge < -0.3 is 25.4 Å². The van der Waals surface area contributed by atoms with E-state index in [1.54, 1.807) is 11.0 Å². The van der Waals surface area contributed by atoms with Gasteiger partial charge in [0.2, 0.25) is 0 Å². The van der Waals surface area contributed by atoms with Crippen LogP contribution in [0.15, 0.2) is 18.5 Å². The number of anilines is 1. The minimum atomic E-state index is -0.554. The molecule has 210 valence electrons. The number of pyridine rings is 1. The zero-order valence-electron chi connectivity index (χ0n) is 23.1. The van der Waals surface area contributed by atoms with E-state index < -0.39 is 11.5 Å². The Kier molecular flexibility index (Phi) is 7.99. The van der Waals surface area contributed by atoms with Crippen molar-refractivity contribution >= 4 is 34.4 Å². The lowest BCUT2D eigenvalue weighted by atomic mass is 9.91. The molecule has 1 aliphatic carbocycles. The van der Waals surface area contributed by atoms with Crippen LogP contribution in [0.5, 0.6) is 0 Å². The van der Waals surface area contributed by atoms with Gasteiger partial charge in [-0.2, -0.15) is 0 Å². The van der Waals surface area contributed by atoms with Crippen LogP contribution in [-0.4, -0.2) is 93.8 Å². The summed E-state index contributed by atoms with van der Waals surface area (Å²) < 4.78 is 11.1. The Bertz CT molecular complexity index is 1250. The molecule has 2 amide bonds. The number of rotatable bonds is 5. The number of amides is 2. The van der Waals surface area contributed by atoms with Crippen molar-refractivity contribution in [2.24, 2.45) is 5.73 Å². The van der Waals surface area contributed by atoms with Gasteiger partial charge in [0.05, 0.1) is 24.5 Å². The van der Waals surface area contributed by atoms with Gasteiger partial charge in [0, 0.05) is 38.3 Å². The molecule has 2 saturated heterocycles. The predicted octanol–water partition coefficient (Wildman–Crippen LogP) is 3.20. The van der Waals surface area contributed by atoms with E-state index in [4.69, 9.17) is 20.2 Å². The monoisotopic (exact) mass is 537 g/mol. The summed E-state index contributed by atoms with van der Waals surface area (Å²) >= 11 is 0. The number of primary amides is 1. The highest BCUT2D eigenvalue weighted by Gasteiger charge is 2.29. The number of likely N-dealkylation sites (tertiary alicyclic amines) is 1. The summed E-state index contributed by atoms with van der Waals surface area (Å²) in [6, 6.07) is 2.20. The van der Waals surface area contributed by atoms with Crippen molar-refractivity contribution in [3.8, 4) is 0 Å².